The van der Waals surface area contributed by atoms with E-state index < -0.39 is 11.1 Å². The minimum absolute atomic E-state index is 0.138. The van der Waals surface area contributed by atoms with Crippen LogP contribution in [0.2, 0.25) is 0 Å². The van der Waals surface area contributed by atoms with Crippen molar-refractivity contribution >= 4 is 29.0 Å². The molecule has 0 aromatic carbocycles. The fourth-order valence-electron chi connectivity index (χ4n) is 2.38. The monoisotopic (exact) mass is 251 g/mol. The highest BCUT2D eigenvalue weighted by atomic mass is 35.5. The molecule has 0 amide bonds. The van der Waals surface area contributed by atoms with Crippen LogP contribution in [0.5, 0.6) is 0 Å². The summed E-state index contributed by atoms with van der Waals surface area (Å²) in [6.07, 6.45) is 5.06. The third kappa shape index (κ3) is 2.47. The molecule has 1 atom stereocenters. The van der Waals surface area contributed by atoms with Crippen molar-refractivity contribution < 1.29 is 9.53 Å². The number of ether oxygens (including phenoxy) is 1. The topological polar surface area (TPSA) is 38.3 Å². The fraction of sp³-hybridized carbons (Fsp3) is 0.900. The van der Waals surface area contributed by atoms with Gasteiger partial charge in [0.25, 0.3) is 0 Å². The van der Waals surface area contributed by atoms with E-state index >= 15 is 0 Å². The Morgan fingerprint density at radius 2 is 2.00 bits per heavy atom. The summed E-state index contributed by atoms with van der Waals surface area (Å²) in [5, 5.41) is 3.06. The molecule has 0 radical (unpaired) electrons. The first-order valence-electron chi connectivity index (χ1n) is 5.36. The molecule has 1 aliphatic carbocycles. The third-order valence-corrected chi connectivity index (χ3v) is 3.65. The summed E-state index contributed by atoms with van der Waals surface area (Å²) in [4.78, 5) is 10.5. The highest BCUT2D eigenvalue weighted by molar-refractivity contribution is 6.54. The van der Waals surface area contributed by atoms with E-state index in [2.05, 4.69) is 5.32 Å². The molecule has 2 fully saturated rings. The van der Waals surface area contributed by atoms with Crippen LogP contribution >= 0.6 is 23.2 Å². The van der Waals surface area contributed by atoms with Gasteiger partial charge in [-0.25, -0.2) is 0 Å². The zero-order chi connectivity index (χ0) is 10.9. The molecule has 2 rings (SSSR count). The molecule has 2 aliphatic rings. The summed E-state index contributed by atoms with van der Waals surface area (Å²) >= 11 is 11.1. The molecule has 1 saturated heterocycles. The molecule has 1 aliphatic heterocycles. The zero-order valence-electron chi connectivity index (χ0n) is 8.47. The summed E-state index contributed by atoms with van der Waals surface area (Å²) in [5.41, 5.74) is -0.138. The summed E-state index contributed by atoms with van der Waals surface area (Å²) in [6, 6.07) is 0. The van der Waals surface area contributed by atoms with Gasteiger partial charge in [-0.3, -0.25) is 10.1 Å². The number of alkyl halides is 2. The number of rotatable bonds is 2. The summed E-state index contributed by atoms with van der Waals surface area (Å²) in [5.74, 6) is -0.277. The lowest BCUT2D eigenvalue weighted by Gasteiger charge is -2.32. The predicted octanol–water partition coefficient (Wildman–Crippen LogP) is 2.01. The highest BCUT2D eigenvalue weighted by Crippen LogP contribution is 2.35. The quantitative estimate of drug-likeness (QED) is 0.764. The maximum absolute atomic E-state index is 11.5. The Balaban J connectivity index is 1.96. The van der Waals surface area contributed by atoms with Crippen molar-refractivity contribution in [3.8, 4) is 0 Å². The molecule has 5 heteroatoms. The molecule has 1 saturated carbocycles. The van der Waals surface area contributed by atoms with Crippen LogP contribution in [0.25, 0.3) is 0 Å². The van der Waals surface area contributed by atoms with Gasteiger partial charge in [-0.05, 0) is 12.8 Å². The first kappa shape index (κ1) is 11.6. The van der Waals surface area contributed by atoms with E-state index in [1.165, 1.54) is 19.3 Å². The largest absolute Gasteiger partial charge is 0.348 e. The number of hydrogen-bond donors (Lipinski definition) is 1. The Kier molecular flexibility index (Phi) is 3.56. The molecule has 0 bridgehead atoms. The van der Waals surface area contributed by atoms with Crippen molar-refractivity contribution in [2.24, 2.45) is 0 Å². The Hall–Kier alpha value is 0.170. The van der Waals surface area contributed by atoms with Gasteiger partial charge in [-0.1, -0.05) is 42.5 Å². The fourth-order valence-corrected chi connectivity index (χ4v) is 2.60. The Morgan fingerprint density at radius 3 is 2.60 bits per heavy atom. The lowest BCUT2D eigenvalue weighted by atomic mass is 9.85. The van der Waals surface area contributed by atoms with Gasteiger partial charge >= 0.3 is 0 Å². The van der Waals surface area contributed by atoms with E-state index in [9.17, 15) is 4.79 Å². The van der Waals surface area contributed by atoms with Crippen LogP contribution in [-0.2, 0) is 9.53 Å². The van der Waals surface area contributed by atoms with Crippen LogP contribution < -0.4 is 5.32 Å². The SMILES string of the molecule is O=C(C(Cl)Cl)C1NCC2(CCCCC2)O1. The molecule has 86 valence electrons. The number of halogens is 2. The Morgan fingerprint density at radius 1 is 1.33 bits per heavy atom. The molecule has 1 unspecified atom stereocenters. The minimum atomic E-state index is -0.999. The molecule has 15 heavy (non-hydrogen) atoms. The van der Waals surface area contributed by atoms with Crippen molar-refractivity contribution in [1.29, 1.82) is 0 Å². The zero-order valence-corrected chi connectivity index (χ0v) is 9.98. The second kappa shape index (κ2) is 4.58. The predicted molar refractivity (Wildman–Crippen MR) is 59.2 cm³/mol. The number of carbonyl (C=O) groups is 1. The Bertz CT molecular complexity index is 252. The standard InChI is InChI=1S/C10H15Cl2NO2/c11-8(12)7(14)9-13-6-10(15-9)4-2-1-3-5-10/h8-9,13H,1-6H2. The van der Waals surface area contributed by atoms with Gasteiger partial charge in [0.2, 0.25) is 5.78 Å². The molecule has 0 aromatic rings. The van der Waals surface area contributed by atoms with E-state index in [0.717, 1.165) is 19.4 Å². The van der Waals surface area contributed by atoms with E-state index in [-0.39, 0.29) is 11.4 Å². The van der Waals surface area contributed by atoms with Crippen LogP contribution in [-0.4, -0.2) is 29.0 Å². The van der Waals surface area contributed by atoms with Crippen molar-refractivity contribution in [3.63, 3.8) is 0 Å². The van der Waals surface area contributed by atoms with E-state index in [1.807, 2.05) is 0 Å². The molecule has 1 spiro atoms. The van der Waals surface area contributed by atoms with Crippen molar-refractivity contribution in [2.75, 3.05) is 6.54 Å². The second-order valence-electron chi connectivity index (χ2n) is 4.33. The van der Waals surface area contributed by atoms with Crippen LogP contribution in [0, 0.1) is 0 Å². The van der Waals surface area contributed by atoms with Gasteiger partial charge < -0.3 is 4.74 Å². The number of hydrogen-bond acceptors (Lipinski definition) is 3. The summed E-state index contributed by atoms with van der Waals surface area (Å²) < 4.78 is 5.78. The molecule has 0 aromatic heterocycles. The van der Waals surface area contributed by atoms with Crippen molar-refractivity contribution in [1.82, 2.24) is 5.32 Å². The van der Waals surface area contributed by atoms with Crippen molar-refractivity contribution in [2.45, 2.75) is 48.8 Å². The number of carbonyl (C=O) groups excluding carboxylic acids is 1. The maximum Gasteiger partial charge on any atom is 0.209 e. The maximum atomic E-state index is 11.5. The average Bonchev–Trinajstić information content (AvgIpc) is 2.62. The first-order chi connectivity index (χ1) is 7.13. The molecule has 1 heterocycles. The van der Waals surface area contributed by atoms with Gasteiger partial charge in [-0.2, -0.15) is 0 Å². The molecule has 1 N–H and O–H groups in total. The van der Waals surface area contributed by atoms with E-state index in [1.54, 1.807) is 0 Å². The summed E-state index contributed by atoms with van der Waals surface area (Å²) in [6.45, 7) is 0.740. The molecule has 3 nitrogen and oxygen atoms in total. The Labute approximate surface area is 99.4 Å². The lowest BCUT2D eigenvalue weighted by Crippen LogP contribution is -2.36. The smallest absolute Gasteiger partial charge is 0.209 e. The normalized spacial score (nSPS) is 29.9. The second-order valence-corrected chi connectivity index (χ2v) is 5.42. The van der Waals surface area contributed by atoms with Crippen LogP contribution in [0.1, 0.15) is 32.1 Å². The average molecular weight is 252 g/mol. The van der Waals surface area contributed by atoms with E-state index in [4.69, 9.17) is 27.9 Å². The highest BCUT2D eigenvalue weighted by Gasteiger charge is 2.43. The molecular formula is C10H15Cl2NO2. The van der Waals surface area contributed by atoms with E-state index in [0.29, 0.717) is 0 Å². The van der Waals surface area contributed by atoms with Gasteiger partial charge in [0.05, 0.1) is 5.60 Å². The molecular weight excluding hydrogens is 237 g/mol. The number of nitrogens with one attached hydrogen (secondary N) is 1. The van der Waals surface area contributed by atoms with Crippen molar-refractivity contribution in [3.05, 3.63) is 0 Å². The van der Waals surface area contributed by atoms with Gasteiger partial charge in [-0.15, -0.1) is 0 Å². The minimum Gasteiger partial charge on any atom is -0.348 e. The van der Waals surface area contributed by atoms with Crippen LogP contribution in [0.4, 0.5) is 0 Å². The van der Waals surface area contributed by atoms with Crippen LogP contribution in [0.15, 0.2) is 0 Å². The third-order valence-electron chi connectivity index (χ3n) is 3.22. The van der Waals surface area contributed by atoms with Gasteiger partial charge in [0.15, 0.2) is 11.1 Å². The number of Topliss-reactive ketones (excluding diaryl/α,β-unsaturated/α-hetero) is 1. The number of ketones is 1. The first-order valence-corrected chi connectivity index (χ1v) is 6.23. The summed E-state index contributed by atoms with van der Waals surface area (Å²) in [7, 11) is 0. The lowest BCUT2D eigenvalue weighted by molar-refractivity contribution is -0.136. The van der Waals surface area contributed by atoms with Gasteiger partial charge in [0.1, 0.15) is 0 Å². The van der Waals surface area contributed by atoms with Crippen LogP contribution in [0.3, 0.4) is 0 Å². The van der Waals surface area contributed by atoms with Gasteiger partial charge in [0, 0.05) is 6.54 Å².